The smallest absolute Gasteiger partial charge is 0.123 e. The number of hydrogen-bond acceptors (Lipinski definition) is 2. The number of ether oxygens (including phenoxy) is 1. The van der Waals surface area contributed by atoms with Gasteiger partial charge in [0.05, 0.1) is 12.1 Å². The quantitative estimate of drug-likeness (QED) is 0.818. The standard InChI is InChI=1S/C19H20FNO/c1-12-4-9-17-16(11-12)19-15(3-2-10-22-19)18(21-17)13-5-7-14(20)8-6-13/h4-9,11,15,18-19,21H,2-3,10H2,1H3/t15-,18-,19-/m0/s1. The highest BCUT2D eigenvalue weighted by atomic mass is 19.1. The van der Waals surface area contributed by atoms with E-state index in [1.54, 1.807) is 12.1 Å². The van der Waals surface area contributed by atoms with Crippen LogP contribution in [-0.2, 0) is 4.74 Å². The fourth-order valence-corrected chi connectivity index (χ4v) is 3.79. The normalized spacial score (nSPS) is 26.7. The van der Waals surface area contributed by atoms with E-state index in [0.29, 0.717) is 5.92 Å². The molecule has 3 atom stereocenters. The molecule has 2 heterocycles. The number of rotatable bonds is 1. The van der Waals surface area contributed by atoms with Gasteiger partial charge in [-0.2, -0.15) is 0 Å². The lowest BCUT2D eigenvalue weighted by atomic mass is 9.77. The molecule has 114 valence electrons. The zero-order valence-electron chi connectivity index (χ0n) is 12.7. The summed E-state index contributed by atoms with van der Waals surface area (Å²) in [4.78, 5) is 0. The first-order valence-corrected chi connectivity index (χ1v) is 7.96. The molecule has 0 bridgehead atoms. The van der Waals surface area contributed by atoms with Gasteiger partial charge in [-0.1, -0.05) is 29.8 Å². The molecule has 2 aromatic carbocycles. The van der Waals surface area contributed by atoms with Gasteiger partial charge in [-0.25, -0.2) is 4.39 Å². The molecule has 2 aliphatic rings. The van der Waals surface area contributed by atoms with Crippen molar-refractivity contribution in [2.45, 2.75) is 31.9 Å². The number of hydrogen-bond donors (Lipinski definition) is 1. The monoisotopic (exact) mass is 297 g/mol. The summed E-state index contributed by atoms with van der Waals surface area (Å²) in [5.74, 6) is 0.209. The van der Waals surface area contributed by atoms with Crippen molar-refractivity contribution in [1.29, 1.82) is 0 Å². The van der Waals surface area contributed by atoms with Crippen molar-refractivity contribution >= 4 is 5.69 Å². The number of aryl methyl sites for hydroxylation is 1. The summed E-state index contributed by atoms with van der Waals surface area (Å²) in [6, 6.07) is 13.5. The van der Waals surface area contributed by atoms with Crippen molar-refractivity contribution in [3.8, 4) is 0 Å². The maximum absolute atomic E-state index is 13.2. The molecule has 0 radical (unpaired) electrons. The summed E-state index contributed by atoms with van der Waals surface area (Å²) >= 11 is 0. The first kappa shape index (κ1) is 13.8. The van der Waals surface area contributed by atoms with Gasteiger partial charge in [0.1, 0.15) is 5.82 Å². The summed E-state index contributed by atoms with van der Waals surface area (Å²) in [6.07, 6.45) is 2.36. The molecule has 1 fully saturated rings. The van der Waals surface area contributed by atoms with Gasteiger partial charge in [0.25, 0.3) is 0 Å². The van der Waals surface area contributed by atoms with E-state index in [0.717, 1.165) is 30.7 Å². The van der Waals surface area contributed by atoms with Crippen LogP contribution in [0.2, 0.25) is 0 Å². The fourth-order valence-electron chi connectivity index (χ4n) is 3.79. The Morgan fingerprint density at radius 1 is 1.14 bits per heavy atom. The average molecular weight is 297 g/mol. The minimum absolute atomic E-state index is 0.139. The molecule has 2 aliphatic heterocycles. The summed E-state index contributed by atoms with van der Waals surface area (Å²) in [7, 11) is 0. The number of fused-ring (bicyclic) bond motifs is 3. The number of halogens is 1. The van der Waals surface area contributed by atoms with Crippen molar-refractivity contribution in [1.82, 2.24) is 0 Å². The average Bonchev–Trinajstić information content (AvgIpc) is 2.55. The molecular weight excluding hydrogens is 277 g/mol. The van der Waals surface area contributed by atoms with Gasteiger partial charge < -0.3 is 10.1 Å². The molecule has 22 heavy (non-hydrogen) atoms. The second kappa shape index (κ2) is 5.40. The van der Waals surface area contributed by atoms with E-state index >= 15 is 0 Å². The SMILES string of the molecule is Cc1ccc2c(c1)[C@H]1OCCC[C@H]1[C@H](c1ccc(F)cc1)N2. The molecule has 0 aromatic heterocycles. The Morgan fingerprint density at radius 3 is 2.77 bits per heavy atom. The summed E-state index contributed by atoms with van der Waals surface area (Å²) in [5, 5.41) is 3.66. The minimum atomic E-state index is -0.188. The van der Waals surface area contributed by atoms with Crippen molar-refractivity contribution in [3.63, 3.8) is 0 Å². The minimum Gasteiger partial charge on any atom is -0.378 e. The molecule has 0 saturated carbocycles. The van der Waals surface area contributed by atoms with Crippen molar-refractivity contribution in [3.05, 3.63) is 65.0 Å². The van der Waals surface area contributed by atoms with Crippen molar-refractivity contribution in [2.24, 2.45) is 5.92 Å². The van der Waals surface area contributed by atoms with Gasteiger partial charge in [-0.3, -0.25) is 0 Å². The molecular formula is C19H20FNO. The van der Waals surface area contributed by atoms with E-state index in [4.69, 9.17) is 4.74 Å². The van der Waals surface area contributed by atoms with Crippen LogP contribution in [0.3, 0.4) is 0 Å². The van der Waals surface area contributed by atoms with E-state index in [1.165, 1.54) is 11.1 Å². The maximum atomic E-state index is 13.2. The van der Waals surface area contributed by atoms with Crippen LogP contribution in [0.1, 0.15) is 41.7 Å². The maximum Gasteiger partial charge on any atom is 0.123 e. The number of nitrogens with one attached hydrogen (secondary N) is 1. The van der Waals surface area contributed by atoms with Crippen LogP contribution in [0.15, 0.2) is 42.5 Å². The van der Waals surface area contributed by atoms with Crippen LogP contribution in [0.5, 0.6) is 0 Å². The third kappa shape index (κ3) is 2.30. The molecule has 1 N–H and O–H groups in total. The number of anilines is 1. The Labute approximate surface area is 130 Å². The van der Waals surface area contributed by atoms with Gasteiger partial charge in [0.15, 0.2) is 0 Å². The molecule has 0 amide bonds. The van der Waals surface area contributed by atoms with E-state index in [9.17, 15) is 4.39 Å². The van der Waals surface area contributed by atoms with Crippen LogP contribution in [0.4, 0.5) is 10.1 Å². The van der Waals surface area contributed by atoms with Gasteiger partial charge >= 0.3 is 0 Å². The first-order chi connectivity index (χ1) is 10.7. The molecule has 0 unspecified atom stereocenters. The van der Waals surface area contributed by atoms with Gasteiger partial charge in [0.2, 0.25) is 0 Å². The first-order valence-electron chi connectivity index (χ1n) is 7.96. The summed E-state index contributed by atoms with van der Waals surface area (Å²) < 4.78 is 19.3. The van der Waals surface area contributed by atoms with Crippen LogP contribution in [0, 0.1) is 18.7 Å². The summed E-state index contributed by atoms with van der Waals surface area (Å²) in [6.45, 7) is 2.94. The highest BCUT2D eigenvalue weighted by molar-refractivity contribution is 5.58. The molecule has 0 spiro atoms. The van der Waals surface area contributed by atoms with Gasteiger partial charge in [0, 0.05) is 23.8 Å². The van der Waals surface area contributed by atoms with E-state index in [-0.39, 0.29) is 18.0 Å². The zero-order valence-corrected chi connectivity index (χ0v) is 12.7. The topological polar surface area (TPSA) is 21.3 Å². The van der Waals surface area contributed by atoms with E-state index < -0.39 is 0 Å². The van der Waals surface area contributed by atoms with Crippen LogP contribution >= 0.6 is 0 Å². The lowest BCUT2D eigenvalue weighted by molar-refractivity contribution is -0.0381. The van der Waals surface area contributed by atoms with Crippen LogP contribution in [0.25, 0.3) is 0 Å². The highest BCUT2D eigenvalue weighted by Crippen LogP contribution is 2.49. The highest BCUT2D eigenvalue weighted by Gasteiger charge is 2.39. The number of benzene rings is 2. The Morgan fingerprint density at radius 2 is 1.95 bits per heavy atom. The Bertz CT molecular complexity index is 682. The molecule has 2 nitrogen and oxygen atoms in total. The second-order valence-electron chi connectivity index (χ2n) is 6.36. The van der Waals surface area contributed by atoms with Crippen molar-refractivity contribution < 1.29 is 9.13 Å². The molecule has 2 aromatic rings. The fraction of sp³-hybridized carbons (Fsp3) is 0.368. The molecule has 3 heteroatoms. The predicted molar refractivity (Wildman–Crippen MR) is 85.4 cm³/mol. The van der Waals surface area contributed by atoms with Gasteiger partial charge in [-0.05, 0) is 43.5 Å². The Balaban J connectivity index is 1.77. The summed E-state index contributed by atoms with van der Waals surface area (Å²) in [5.41, 5.74) is 4.80. The Kier molecular flexibility index (Phi) is 3.38. The lowest BCUT2D eigenvalue weighted by Gasteiger charge is -2.43. The zero-order chi connectivity index (χ0) is 15.1. The lowest BCUT2D eigenvalue weighted by Crippen LogP contribution is -2.36. The van der Waals surface area contributed by atoms with E-state index in [1.807, 2.05) is 12.1 Å². The van der Waals surface area contributed by atoms with Crippen molar-refractivity contribution in [2.75, 3.05) is 11.9 Å². The molecule has 1 saturated heterocycles. The van der Waals surface area contributed by atoms with Crippen LogP contribution < -0.4 is 5.32 Å². The predicted octanol–water partition coefficient (Wildman–Crippen LogP) is 4.77. The van der Waals surface area contributed by atoms with E-state index in [2.05, 4.69) is 30.4 Å². The second-order valence-corrected chi connectivity index (χ2v) is 6.36. The third-order valence-corrected chi connectivity index (χ3v) is 4.85. The Hall–Kier alpha value is -1.87. The largest absolute Gasteiger partial charge is 0.378 e. The molecule has 4 rings (SSSR count). The third-order valence-electron chi connectivity index (χ3n) is 4.85. The van der Waals surface area contributed by atoms with Crippen LogP contribution in [-0.4, -0.2) is 6.61 Å². The molecule has 0 aliphatic carbocycles. The van der Waals surface area contributed by atoms with Gasteiger partial charge in [-0.15, -0.1) is 0 Å².